The average Bonchev–Trinajstić information content (AvgIpc) is 2.80. The Bertz CT molecular complexity index is 292. The Morgan fingerprint density at radius 2 is 1.94 bits per heavy atom. The minimum absolute atomic E-state index is 0.102. The quantitative estimate of drug-likeness (QED) is 0.746. The molecule has 2 aliphatic heterocycles. The molecule has 2 amide bonds. The van der Waals surface area contributed by atoms with Crippen molar-refractivity contribution >= 4 is 6.03 Å². The van der Waals surface area contributed by atoms with Crippen molar-refractivity contribution in [2.75, 3.05) is 26.3 Å². The van der Waals surface area contributed by atoms with Crippen molar-refractivity contribution in [3.8, 4) is 0 Å². The summed E-state index contributed by atoms with van der Waals surface area (Å²) in [5.74, 6) is -0.317. The lowest BCUT2D eigenvalue weighted by Gasteiger charge is -2.41. The molecule has 3 aliphatic rings. The standard InChI is InChI=1S/C12H20N2O3/c15-11-13-6-1-7-14(11)10-2-4-12(5-3-10)16-8-9-17-12/h10H,1-9H2,(H,13,15). The SMILES string of the molecule is O=C1NCCCN1C1CCC2(CC1)OCCO2. The summed E-state index contributed by atoms with van der Waals surface area (Å²) < 4.78 is 11.4. The molecule has 0 radical (unpaired) electrons. The highest BCUT2D eigenvalue weighted by Gasteiger charge is 2.42. The number of carbonyl (C=O) groups is 1. The highest BCUT2D eigenvalue weighted by atomic mass is 16.7. The molecule has 96 valence electrons. The fourth-order valence-electron chi connectivity index (χ4n) is 3.14. The van der Waals surface area contributed by atoms with Gasteiger partial charge in [0, 0.05) is 32.0 Å². The van der Waals surface area contributed by atoms with Crippen molar-refractivity contribution in [3.63, 3.8) is 0 Å². The molecular weight excluding hydrogens is 220 g/mol. The first-order chi connectivity index (χ1) is 8.29. The summed E-state index contributed by atoms with van der Waals surface area (Å²) in [4.78, 5) is 13.8. The van der Waals surface area contributed by atoms with E-state index in [2.05, 4.69) is 5.32 Å². The molecule has 1 saturated carbocycles. The number of hydrogen-bond acceptors (Lipinski definition) is 3. The molecule has 17 heavy (non-hydrogen) atoms. The van der Waals surface area contributed by atoms with Crippen LogP contribution >= 0.6 is 0 Å². The normalized spacial score (nSPS) is 29.6. The Balaban J connectivity index is 1.58. The van der Waals surface area contributed by atoms with Crippen molar-refractivity contribution in [2.45, 2.75) is 43.9 Å². The molecule has 0 unspecified atom stereocenters. The monoisotopic (exact) mass is 240 g/mol. The van der Waals surface area contributed by atoms with E-state index in [0.29, 0.717) is 6.04 Å². The van der Waals surface area contributed by atoms with E-state index in [0.717, 1.165) is 58.4 Å². The highest BCUT2D eigenvalue weighted by Crippen LogP contribution is 2.37. The third-order valence-electron chi connectivity index (χ3n) is 4.08. The van der Waals surface area contributed by atoms with Gasteiger partial charge in [0.1, 0.15) is 0 Å². The molecule has 0 atom stereocenters. The van der Waals surface area contributed by atoms with E-state index in [1.807, 2.05) is 4.90 Å². The first-order valence-electron chi connectivity index (χ1n) is 6.61. The zero-order chi connectivity index (χ0) is 11.7. The van der Waals surface area contributed by atoms with Gasteiger partial charge in [0.25, 0.3) is 0 Å². The largest absolute Gasteiger partial charge is 0.348 e. The lowest BCUT2D eigenvalue weighted by atomic mass is 9.89. The molecule has 5 nitrogen and oxygen atoms in total. The van der Waals surface area contributed by atoms with Crippen molar-refractivity contribution in [1.82, 2.24) is 10.2 Å². The third kappa shape index (κ3) is 2.13. The molecule has 1 aliphatic carbocycles. The second-order valence-corrected chi connectivity index (χ2v) is 5.12. The molecule has 0 bridgehead atoms. The van der Waals surface area contributed by atoms with E-state index < -0.39 is 0 Å². The minimum Gasteiger partial charge on any atom is -0.348 e. The smallest absolute Gasteiger partial charge is 0.317 e. The van der Waals surface area contributed by atoms with Gasteiger partial charge in [-0.05, 0) is 19.3 Å². The van der Waals surface area contributed by atoms with Gasteiger partial charge in [-0.15, -0.1) is 0 Å². The molecule has 3 rings (SSSR count). The van der Waals surface area contributed by atoms with Crippen LogP contribution in [0.1, 0.15) is 32.1 Å². The van der Waals surface area contributed by atoms with Gasteiger partial charge in [-0.25, -0.2) is 4.79 Å². The predicted octanol–water partition coefficient (Wildman–Crippen LogP) is 1.09. The summed E-state index contributed by atoms with van der Waals surface area (Å²) in [5.41, 5.74) is 0. The van der Waals surface area contributed by atoms with E-state index in [1.165, 1.54) is 0 Å². The van der Waals surface area contributed by atoms with Crippen LogP contribution in [0.2, 0.25) is 0 Å². The number of carbonyl (C=O) groups excluding carboxylic acids is 1. The van der Waals surface area contributed by atoms with Gasteiger partial charge in [-0.2, -0.15) is 0 Å². The Hall–Kier alpha value is -0.810. The number of nitrogens with zero attached hydrogens (tertiary/aromatic N) is 1. The predicted molar refractivity (Wildman–Crippen MR) is 61.6 cm³/mol. The van der Waals surface area contributed by atoms with E-state index >= 15 is 0 Å². The topological polar surface area (TPSA) is 50.8 Å². The summed E-state index contributed by atoms with van der Waals surface area (Å²) in [6.07, 6.45) is 4.88. The van der Waals surface area contributed by atoms with Crippen molar-refractivity contribution in [2.24, 2.45) is 0 Å². The van der Waals surface area contributed by atoms with Gasteiger partial charge in [0.2, 0.25) is 0 Å². The lowest BCUT2D eigenvalue weighted by Crippen LogP contribution is -2.53. The van der Waals surface area contributed by atoms with E-state index in [9.17, 15) is 4.79 Å². The summed E-state index contributed by atoms with van der Waals surface area (Å²) in [5, 5.41) is 2.91. The Morgan fingerprint density at radius 1 is 1.24 bits per heavy atom. The van der Waals surface area contributed by atoms with Gasteiger partial charge in [0.05, 0.1) is 13.2 Å². The molecule has 1 spiro atoms. The first kappa shape index (κ1) is 11.3. The van der Waals surface area contributed by atoms with Gasteiger partial charge in [-0.1, -0.05) is 0 Å². The Labute approximate surface area is 101 Å². The Kier molecular flexibility index (Phi) is 2.96. The third-order valence-corrected chi connectivity index (χ3v) is 4.08. The van der Waals surface area contributed by atoms with Crippen LogP contribution < -0.4 is 5.32 Å². The van der Waals surface area contributed by atoms with Crippen LogP contribution in [0.15, 0.2) is 0 Å². The van der Waals surface area contributed by atoms with Crippen LogP contribution in [-0.4, -0.2) is 49.1 Å². The summed E-state index contributed by atoms with van der Waals surface area (Å²) in [6.45, 7) is 3.15. The average molecular weight is 240 g/mol. The fourth-order valence-corrected chi connectivity index (χ4v) is 3.14. The Morgan fingerprint density at radius 3 is 2.59 bits per heavy atom. The van der Waals surface area contributed by atoms with Gasteiger partial charge in [0.15, 0.2) is 5.79 Å². The van der Waals surface area contributed by atoms with E-state index in [4.69, 9.17) is 9.47 Å². The van der Waals surface area contributed by atoms with E-state index in [-0.39, 0.29) is 11.8 Å². The molecule has 0 aromatic heterocycles. The van der Waals surface area contributed by atoms with Crippen LogP contribution in [0.5, 0.6) is 0 Å². The first-order valence-corrected chi connectivity index (χ1v) is 6.61. The summed E-state index contributed by atoms with van der Waals surface area (Å²) in [7, 11) is 0. The number of ether oxygens (including phenoxy) is 2. The highest BCUT2D eigenvalue weighted by molar-refractivity contribution is 5.75. The zero-order valence-electron chi connectivity index (χ0n) is 10.1. The van der Waals surface area contributed by atoms with Crippen molar-refractivity contribution in [1.29, 1.82) is 0 Å². The minimum atomic E-state index is -0.317. The van der Waals surface area contributed by atoms with Crippen LogP contribution in [0.25, 0.3) is 0 Å². The maximum absolute atomic E-state index is 11.8. The maximum atomic E-state index is 11.8. The lowest BCUT2D eigenvalue weighted by molar-refractivity contribution is -0.182. The van der Waals surface area contributed by atoms with E-state index in [1.54, 1.807) is 0 Å². The zero-order valence-corrected chi connectivity index (χ0v) is 10.1. The molecule has 3 fully saturated rings. The fraction of sp³-hybridized carbons (Fsp3) is 0.917. The molecule has 2 saturated heterocycles. The van der Waals surface area contributed by atoms with Gasteiger partial charge < -0.3 is 19.7 Å². The number of urea groups is 1. The molecule has 1 N–H and O–H groups in total. The van der Waals surface area contributed by atoms with Crippen LogP contribution in [0, 0.1) is 0 Å². The summed E-state index contributed by atoms with van der Waals surface area (Å²) >= 11 is 0. The number of amides is 2. The second kappa shape index (κ2) is 4.46. The van der Waals surface area contributed by atoms with Crippen LogP contribution in [-0.2, 0) is 9.47 Å². The molecule has 0 aromatic rings. The molecule has 5 heteroatoms. The van der Waals surface area contributed by atoms with Crippen LogP contribution in [0.4, 0.5) is 4.79 Å². The van der Waals surface area contributed by atoms with Crippen LogP contribution in [0.3, 0.4) is 0 Å². The van der Waals surface area contributed by atoms with Crippen molar-refractivity contribution in [3.05, 3.63) is 0 Å². The number of rotatable bonds is 1. The maximum Gasteiger partial charge on any atom is 0.317 e. The second-order valence-electron chi connectivity index (χ2n) is 5.12. The molecule has 0 aromatic carbocycles. The summed E-state index contributed by atoms with van der Waals surface area (Å²) in [6, 6.07) is 0.471. The number of nitrogens with one attached hydrogen (secondary N) is 1. The van der Waals surface area contributed by atoms with Gasteiger partial charge >= 0.3 is 6.03 Å². The number of hydrogen-bond donors (Lipinski definition) is 1. The molecule has 2 heterocycles. The molecular formula is C12H20N2O3. The van der Waals surface area contributed by atoms with Crippen molar-refractivity contribution < 1.29 is 14.3 Å². The van der Waals surface area contributed by atoms with Gasteiger partial charge in [-0.3, -0.25) is 0 Å².